The van der Waals surface area contributed by atoms with E-state index in [4.69, 9.17) is 28.4 Å². The molecule has 0 atom stereocenters. The van der Waals surface area contributed by atoms with Gasteiger partial charge in [-0.1, -0.05) is 0 Å². The van der Waals surface area contributed by atoms with E-state index in [1.807, 2.05) is 146 Å². The van der Waals surface area contributed by atoms with Crippen LogP contribution in [-0.4, -0.2) is 35.2 Å². The van der Waals surface area contributed by atoms with Crippen molar-refractivity contribution in [2.75, 3.05) is 45.0 Å². The first-order chi connectivity index (χ1) is 24.1. The predicted octanol–water partition coefficient (Wildman–Crippen LogP) is 10.1. The molecule has 49 heavy (non-hydrogen) atoms. The molecule has 6 aromatic carbocycles. The lowest BCUT2D eigenvalue weighted by molar-refractivity contribution is 0.120. The zero-order valence-electron chi connectivity index (χ0n) is 27.9. The van der Waals surface area contributed by atoms with E-state index in [9.17, 15) is 0 Å². The normalized spacial score (nSPS) is 10.5. The van der Waals surface area contributed by atoms with Gasteiger partial charge in [-0.3, -0.25) is 0 Å². The third kappa shape index (κ3) is 7.82. The Morgan fingerprint density at radius 3 is 0.653 bits per heavy atom. The summed E-state index contributed by atoms with van der Waals surface area (Å²) in [6.07, 6.45) is 0. The fraction of sp³-hybridized carbons (Fsp3) is 0.122. The lowest BCUT2D eigenvalue weighted by Gasteiger charge is -2.26. The SMILES string of the molecule is COc1ccc(N(c2ccc(OC)cc2)c2ccc(OCOc3ccc(N(c4ccc(OC)cc4)c4ccc(OC)cc4)cc3)cc2)cc1. The Morgan fingerprint density at radius 2 is 0.469 bits per heavy atom. The number of rotatable bonds is 14. The largest absolute Gasteiger partial charge is 0.497 e. The fourth-order valence-electron chi connectivity index (χ4n) is 5.37. The second-order valence-corrected chi connectivity index (χ2v) is 10.9. The van der Waals surface area contributed by atoms with Crippen molar-refractivity contribution >= 4 is 34.1 Å². The van der Waals surface area contributed by atoms with Crippen LogP contribution >= 0.6 is 0 Å². The second-order valence-electron chi connectivity index (χ2n) is 10.9. The van der Waals surface area contributed by atoms with E-state index in [1.54, 1.807) is 28.4 Å². The molecule has 0 saturated heterocycles. The van der Waals surface area contributed by atoms with Crippen LogP contribution in [0.1, 0.15) is 0 Å². The summed E-state index contributed by atoms with van der Waals surface area (Å²) in [6, 6.07) is 47.6. The first kappa shape index (κ1) is 32.7. The summed E-state index contributed by atoms with van der Waals surface area (Å²) in [5, 5.41) is 0. The maximum absolute atomic E-state index is 5.97. The Balaban J connectivity index is 1.14. The van der Waals surface area contributed by atoms with Crippen molar-refractivity contribution in [1.82, 2.24) is 0 Å². The first-order valence-electron chi connectivity index (χ1n) is 15.7. The summed E-state index contributed by atoms with van der Waals surface area (Å²) < 4.78 is 33.4. The molecule has 0 aliphatic rings. The molecule has 0 aliphatic heterocycles. The molecule has 8 heteroatoms. The van der Waals surface area contributed by atoms with Gasteiger partial charge in [0.2, 0.25) is 6.79 Å². The van der Waals surface area contributed by atoms with Crippen molar-refractivity contribution in [3.63, 3.8) is 0 Å². The van der Waals surface area contributed by atoms with Gasteiger partial charge in [-0.15, -0.1) is 0 Å². The second kappa shape index (κ2) is 15.5. The van der Waals surface area contributed by atoms with Crippen molar-refractivity contribution in [2.24, 2.45) is 0 Å². The molecule has 248 valence electrons. The average Bonchev–Trinajstić information content (AvgIpc) is 3.17. The predicted molar refractivity (Wildman–Crippen MR) is 195 cm³/mol. The minimum absolute atomic E-state index is 0.0556. The Morgan fingerprint density at radius 1 is 0.286 bits per heavy atom. The van der Waals surface area contributed by atoms with Crippen molar-refractivity contribution in [1.29, 1.82) is 0 Å². The van der Waals surface area contributed by atoms with Crippen LogP contribution in [0.4, 0.5) is 34.1 Å². The minimum atomic E-state index is 0.0556. The van der Waals surface area contributed by atoms with Gasteiger partial charge in [0, 0.05) is 34.1 Å². The van der Waals surface area contributed by atoms with Crippen LogP contribution in [0.5, 0.6) is 34.5 Å². The number of ether oxygens (including phenoxy) is 6. The van der Waals surface area contributed by atoms with Crippen LogP contribution in [-0.2, 0) is 0 Å². The molecule has 0 bridgehead atoms. The lowest BCUT2D eigenvalue weighted by atomic mass is 10.2. The van der Waals surface area contributed by atoms with Crippen LogP contribution in [0.2, 0.25) is 0 Å². The molecule has 0 amide bonds. The van der Waals surface area contributed by atoms with E-state index in [0.29, 0.717) is 11.5 Å². The number of hydrogen-bond donors (Lipinski definition) is 0. The van der Waals surface area contributed by atoms with Gasteiger partial charge in [0.05, 0.1) is 28.4 Å². The molecule has 0 aliphatic carbocycles. The van der Waals surface area contributed by atoms with Gasteiger partial charge in [0.25, 0.3) is 0 Å². The zero-order valence-corrected chi connectivity index (χ0v) is 27.9. The van der Waals surface area contributed by atoms with Crippen molar-refractivity contribution in [3.05, 3.63) is 146 Å². The standard InChI is InChI=1S/C41H38N2O6/c1-44-36-17-5-30(6-18-36)42(31-7-19-37(45-2)20-8-31)34-13-25-40(26-14-34)48-29-49-41-27-15-35(16-28-41)43(32-9-21-38(46-3)22-10-32)33-11-23-39(47-4)24-12-33/h5-28H,29H2,1-4H3. The molecule has 8 nitrogen and oxygen atoms in total. The monoisotopic (exact) mass is 654 g/mol. The maximum Gasteiger partial charge on any atom is 0.230 e. The van der Waals surface area contributed by atoms with Gasteiger partial charge >= 0.3 is 0 Å². The van der Waals surface area contributed by atoms with E-state index >= 15 is 0 Å². The number of hydrogen-bond acceptors (Lipinski definition) is 8. The molecule has 6 rings (SSSR count). The molecule has 0 unspecified atom stereocenters. The van der Waals surface area contributed by atoms with Gasteiger partial charge in [0.15, 0.2) is 0 Å². The molecule has 0 spiro atoms. The highest BCUT2D eigenvalue weighted by Crippen LogP contribution is 2.38. The molecule has 0 N–H and O–H groups in total. The highest BCUT2D eigenvalue weighted by atomic mass is 16.7. The maximum atomic E-state index is 5.97. The van der Waals surface area contributed by atoms with Crippen molar-refractivity contribution < 1.29 is 28.4 Å². The molecule has 0 heterocycles. The summed E-state index contributed by atoms with van der Waals surface area (Å²) in [5.41, 5.74) is 5.90. The first-order valence-corrected chi connectivity index (χ1v) is 15.7. The minimum Gasteiger partial charge on any atom is -0.497 e. The zero-order chi connectivity index (χ0) is 34.0. The third-order valence-corrected chi connectivity index (χ3v) is 7.96. The summed E-state index contributed by atoms with van der Waals surface area (Å²) in [7, 11) is 6.65. The Labute approximate surface area is 287 Å². The fourth-order valence-corrected chi connectivity index (χ4v) is 5.37. The quantitative estimate of drug-likeness (QED) is 0.108. The summed E-state index contributed by atoms with van der Waals surface area (Å²) in [6.45, 7) is 0.0556. The summed E-state index contributed by atoms with van der Waals surface area (Å²) in [4.78, 5) is 4.31. The van der Waals surface area contributed by atoms with Gasteiger partial charge in [-0.2, -0.15) is 0 Å². The lowest BCUT2D eigenvalue weighted by Crippen LogP contribution is -2.11. The van der Waals surface area contributed by atoms with Crippen LogP contribution in [0.25, 0.3) is 0 Å². The topological polar surface area (TPSA) is 61.9 Å². The van der Waals surface area contributed by atoms with Gasteiger partial charge in [-0.05, 0) is 146 Å². The van der Waals surface area contributed by atoms with Crippen molar-refractivity contribution in [2.45, 2.75) is 0 Å². The van der Waals surface area contributed by atoms with Crippen LogP contribution < -0.4 is 38.2 Å². The number of benzene rings is 6. The average molecular weight is 655 g/mol. The van der Waals surface area contributed by atoms with Crippen LogP contribution in [0.15, 0.2) is 146 Å². The van der Waals surface area contributed by atoms with E-state index in [-0.39, 0.29) is 6.79 Å². The Bertz CT molecular complexity index is 1660. The van der Waals surface area contributed by atoms with Crippen LogP contribution in [0.3, 0.4) is 0 Å². The van der Waals surface area contributed by atoms with Crippen LogP contribution in [0, 0.1) is 0 Å². The Hall–Kier alpha value is -6.28. The van der Waals surface area contributed by atoms with Crippen molar-refractivity contribution in [3.8, 4) is 34.5 Å². The molecule has 0 fully saturated rings. The van der Waals surface area contributed by atoms with E-state index in [2.05, 4.69) is 9.80 Å². The highest BCUT2D eigenvalue weighted by Gasteiger charge is 2.15. The summed E-state index contributed by atoms with van der Waals surface area (Å²) in [5.74, 6) is 4.56. The highest BCUT2D eigenvalue weighted by molar-refractivity contribution is 5.78. The van der Waals surface area contributed by atoms with Gasteiger partial charge in [0.1, 0.15) is 34.5 Å². The molecule has 0 aromatic heterocycles. The van der Waals surface area contributed by atoms with Gasteiger partial charge in [-0.25, -0.2) is 0 Å². The summed E-state index contributed by atoms with van der Waals surface area (Å²) >= 11 is 0. The molecular weight excluding hydrogens is 616 g/mol. The molecule has 0 radical (unpaired) electrons. The molecule has 6 aromatic rings. The number of nitrogens with zero attached hydrogens (tertiary/aromatic N) is 2. The van der Waals surface area contributed by atoms with Gasteiger partial charge < -0.3 is 38.2 Å². The van der Waals surface area contributed by atoms with E-state index < -0.39 is 0 Å². The number of methoxy groups -OCH3 is 4. The third-order valence-electron chi connectivity index (χ3n) is 7.96. The van der Waals surface area contributed by atoms with E-state index in [0.717, 1.165) is 57.1 Å². The smallest absolute Gasteiger partial charge is 0.230 e. The van der Waals surface area contributed by atoms with E-state index in [1.165, 1.54) is 0 Å². The molecular formula is C41H38N2O6. The Kier molecular flexibility index (Phi) is 10.4. The number of anilines is 6. The molecule has 0 saturated carbocycles.